The van der Waals surface area contributed by atoms with Gasteiger partial charge in [0.2, 0.25) is 5.91 Å². The average molecular weight is 674 g/mol. The molecule has 4 aromatic carbocycles. The van der Waals surface area contributed by atoms with Crippen LogP contribution in [0.1, 0.15) is 80.0 Å². The van der Waals surface area contributed by atoms with Crippen molar-refractivity contribution in [1.82, 2.24) is 4.90 Å². The molecular weight excluding hydrogens is 621 g/mol. The highest BCUT2D eigenvalue weighted by Gasteiger charge is 2.59. The summed E-state index contributed by atoms with van der Waals surface area (Å²) in [7, 11) is 0. The number of hydrogen-bond donors (Lipinski definition) is 2. The number of phenolic OH excluding ortho intramolecular Hbond substituents is 1. The average Bonchev–Trinajstić information content (AvgIpc) is 3.42. The fraction of sp³-hybridized carbons (Fsp3) is 0.444. The van der Waals surface area contributed by atoms with Crippen LogP contribution >= 0.6 is 0 Å². The molecule has 5 heteroatoms. The van der Waals surface area contributed by atoms with Gasteiger partial charge in [-0.15, -0.1) is 0 Å². The van der Waals surface area contributed by atoms with E-state index in [2.05, 4.69) is 72.5 Å². The summed E-state index contributed by atoms with van der Waals surface area (Å²) < 4.78 is 16.2. The van der Waals surface area contributed by atoms with Crippen molar-refractivity contribution < 1.29 is 19.4 Å². The van der Waals surface area contributed by atoms with Gasteiger partial charge in [-0.2, -0.15) is 0 Å². The Hall–Kier alpha value is -3.96. The van der Waals surface area contributed by atoms with Crippen molar-refractivity contribution in [3.05, 3.63) is 125 Å². The van der Waals surface area contributed by atoms with Crippen LogP contribution < -0.4 is 0 Å². The smallest absolute Gasteiger partial charge is 0.226 e. The molecule has 3 aliphatic rings. The number of fused-ring (bicyclic) bond motifs is 5. The number of carbonyl (C=O) groups excluding carboxylic acids is 1. The normalized spacial score (nSPS) is 26.9. The summed E-state index contributed by atoms with van der Waals surface area (Å²) in [6, 6.07) is 34.7. The zero-order chi connectivity index (χ0) is 34.7. The van der Waals surface area contributed by atoms with Gasteiger partial charge in [0, 0.05) is 19.0 Å². The van der Waals surface area contributed by atoms with E-state index in [1.165, 1.54) is 11.1 Å². The molecule has 0 aliphatic heterocycles. The number of nitrogens with zero attached hydrogens (tertiary/aromatic N) is 1. The van der Waals surface area contributed by atoms with E-state index in [0.29, 0.717) is 25.3 Å². The standard InChI is InChI=1S/C45H52FNO3/c1-45-30-40(46)44-38-22-21-37(48)29-36(38)28-35(43(44)39(45)23-24-41(45)49)16-8-9-25-47(26-10-13-31-11-4-2-5-12-31)42(50)27-32-17-19-34(20-18-32)33-14-6-3-7-15-33/h2-7,11-12,14-15,17-22,29,35,39-41,43-44,48-49H,8-10,13,16,23-28,30H2,1H3/t35-,39?,40+,41+,43?,44?,45+/m1/s1. The van der Waals surface area contributed by atoms with Crippen LogP contribution in [0.2, 0.25) is 0 Å². The largest absolute Gasteiger partial charge is 0.508 e. The van der Waals surface area contributed by atoms with Gasteiger partial charge in [-0.05, 0) is 120 Å². The van der Waals surface area contributed by atoms with E-state index in [0.717, 1.165) is 80.2 Å². The fourth-order valence-electron chi connectivity index (χ4n) is 9.95. The van der Waals surface area contributed by atoms with Gasteiger partial charge in [0.1, 0.15) is 11.9 Å². The third-order valence-electron chi connectivity index (χ3n) is 12.5. The second-order valence-corrected chi connectivity index (χ2v) is 15.6. The first-order valence-corrected chi connectivity index (χ1v) is 18.9. The first kappa shape index (κ1) is 34.5. The number of rotatable bonds is 12. The fourth-order valence-corrected chi connectivity index (χ4v) is 9.95. The molecule has 0 bridgehead atoms. The second-order valence-electron chi connectivity index (χ2n) is 15.6. The van der Waals surface area contributed by atoms with E-state index in [-0.39, 0.29) is 34.8 Å². The molecular formula is C45H52FNO3. The number of unbranched alkanes of at least 4 members (excludes halogenated alkanes) is 1. The molecule has 0 heterocycles. The van der Waals surface area contributed by atoms with Gasteiger partial charge in [-0.3, -0.25) is 4.79 Å². The molecule has 2 saturated carbocycles. The summed E-state index contributed by atoms with van der Waals surface area (Å²) in [6.07, 6.45) is 6.53. The van der Waals surface area contributed by atoms with Crippen molar-refractivity contribution >= 4 is 5.91 Å². The Kier molecular flexibility index (Phi) is 10.4. The summed E-state index contributed by atoms with van der Waals surface area (Å²) in [5, 5.41) is 21.4. The summed E-state index contributed by atoms with van der Waals surface area (Å²) in [5.74, 6) is 0.986. The molecule has 4 aromatic rings. The van der Waals surface area contributed by atoms with E-state index in [4.69, 9.17) is 0 Å². The summed E-state index contributed by atoms with van der Waals surface area (Å²) >= 11 is 0. The van der Waals surface area contributed by atoms with E-state index < -0.39 is 12.3 Å². The lowest BCUT2D eigenvalue weighted by Crippen LogP contribution is -2.51. The van der Waals surface area contributed by atoms with E-state index in [1.54, 1.807) is 6.07 Å². The maximum atomic E-state index is 16.2. The molecule has 0 spiro atoms. The lowest BCUT2D eigenvalue weighted by atomic mass is 9.51. The Labute approximate surface area is 297 Å². The lowest BCUT2D eigenvalue weighted by Gasteiger charge is -2.54. The number of aryl methyl sites for hydroxylation is 1. The number of halogens is 1. The van der Waals surface area contributed by atoms with Crippen LogP contribution in [0, 0.1) is 23.2 Å². The maximum absolute atomic E-state index is 16.2. The van der Waals surface area contributed by atoms with Crippen LogP contribution in [0.15, 0.2) is 103 Å². The van der Waals surface area contributed by atoms with Crippen LogP contribution in [0.25, 0.3) is 11.1 Å². The number of phenols is 1. The maximum Gasteiger partial charge on any atom is 0.226 e. The van der Waals surface area contributed by atoms with Crippen LogP contribution in [-0.4, -0.2) is 46.4 Å². The molecule has 3 aliphatic carbocycles. The third-order valence-corrected chi connectivity index (χ3v) is 12.5. The minimum absolute atomic E-state index is 0.163. The first-order chi connectivity index (χ1) is 24.3. The molecule has 4 nitrogen and oxygen atoms in total. The van der Waals surface area contributed by atoms with Crippen molar-refractivity contribution in [3.8, 4) is 16.9 Å². The van der Waals surface area contributed by atoms with Crippen molar-refractivity contribution in [2.45, 2.75) is 89.3 Å². The number of aliphatic hydroxyl groups excluding tert-OH is 1. The van der Waals surface area contributed by atoms with Gasteiger partial charge in [0.15, 0.2) is 0 Å². The van der Waals surface area contributed by atoms with E-state index >= 15 is 4.39 Å². The highest BCUT2D eigenvalue weighted by atomic mass is 19.1. The number of aliphatic hydroxyl groups is 1. The minimum Gasteiger partial charge on any atom is -0.508 e. The molecule has 0 aromatic heterocycles. The predicted molar refractivity (Wildman–Crippen MR) is 199 cm³/mol. The zero-order valence-corrected chi connectivity index (χ0v) is 29.4. The molecule has 2 N–H and O–H groups in total. The topological polar surface area (TPSA) is 60.8 Å². The zero-order valence-electron chi connectivity index (χ0n) is 29.4. The Morgan fingerprint density at radius 2 is 1.54 bits per heavy atom. The lowest BCUT2D eigenvalue weighted by molar-refractivity contribution is -0.130. The summed E-state index contributed by atoms with van der Waals surface area (Å²) in [5.41, 5.74) is 6.39. The second kappa shape index (κ2) is 15.1. The van der Waals surface area contributed by atoms with Crippen molar-refractivity contribution in [2.24, 2.45) is 23.2 Å². The molecule has 0 radical (unpaired) electrons. The number of amides is 1. The molecule has 1 amide bonds. The highest BCUT2D eigenvalue weighted by Crippen LogP contribution is 2.63. The van der Waals surface area contributed by atoms with Gasteiger partial charge < -0.3 is 15.1 Å². The quantitative estimate of drug-likeness (QED) is 0.147. The number of carbonyl (C=O) groups is 1. The number of benzene rings is 4. The third kappa shape index (κ3) is 7.26. The monoisotopic (exact) mass is 673 g/mol. The van der Waals surface area contributed by atoms with Crippen molar-refractivity contribution in [3.63, 3.8) is 0 Å². The van der Waals surface area contributed by atoms with Crippen LogP contribution in [0.4, 0.5) is 4.39 Å². The summed E-state index contributed by atoms with van der Waals surface area (Å²) in [6.45, 7) is 3.55. The molecule has 0 saturated heterocycles. The van der Waals surface area contributed by atoms with Gasteiger partial charge in [-0.25, -0.2) is 4.39 Å². The molecule has 3 unspecified atom stereocenters. The van der Waals surface area contributed by atoms with Gasteiger partial charge >= 0.3 is 0 Å². The summed E-state index contributed by atoms with van der Waals surface area (Å²) in [4.78, 5) is 15.9. The Morgan fingerprint density at radius 1 is 0.840 bits per heavy atom. The minimum atomic E-state index is -1.00. The van der Waals surface area contributed by atoms with Crippen molar-refractivity contribution in [2.75, 3.05) is 13.1 Å². The number of hydrogen-bond acceptors (Lipinski definition) is 3. The van der Waals surface area contributed by atoms with E-state index in [1.807, 2.05) is 36.4 Å². The van der Waals surface area contributed by atoms with Gasteiger partial charge in [-0.1, -0.05) is 104 Å². The highest BCUT2D eigenvalue weighted by molar-refractivity contribution is 5.79. The van der Waals surface area contributed by atoms with Crippen LogP contribution in [0.5, 0.6) is 5.75 Å². The predicted octanol–water partition coefficient (Wildman–Crippen LogP) is 9.32. The molecule has 50 heavy (non-hydrogen) atoms. The Balaban J connectivity index is 1.03. The van der Waals surface area contributed by atoms with E-state index in [9.17, 15) is 15.0 Å². The SMILES string of the molecule is C[C@]12C[C@H](F)C3c4ccc(O)cc4C[C@@H](CCCCN(CCCc4ccccc4)C(=O)Cc4ccc(-c5ccccc5)cc4)C3C1CC[C@@H]2O. The Bertz CT molecular complexity index is 1730. The molecule has 262 valence electrons. The molecule has 7 atom stereocenters. The van der Waals surface area contributed by atoms with Gasteiger partial charge in [0.05, 0.1) is 12.5 Å². The molecule has 7 rings (SSSR count). The Morgan fingerprint density at radius 3 is 2.30 bits per heavy atom. The van der Waals surface area contributed by atoms with Crippen molar-refractivity contribution in [1.29, 1.82) is 0 Å². The number of aromatic hydroxyl groups is 1. The van der Waals surface area contributed by atoms with Gasteiger partial charge in [0.25, 0.3) is 0 Å². The molecule has 2 fully saturated rings. The first-order valence-electron chi connectivity index (χ1n) is 18.9. The number of alkyl halides is 1. The van der Waals surface area contributed by atoms with Crippen LogP contribution in [0.3, 0.4) is 0 Å². The van der Waals surface area contributed by atoms with Crippen LogP contribution in [-0.2, 0) is 24.1 Å².